The Balaban J connectivity index is 0.00000162. The highest BCUT2D eigenvalue weighted by atomic mass is 16.0. The maximum atomic E-state index is 2.28. The van der Waals surface area contributed by atoms with Crippen LogP contribution in [-0.2, 0) is 0 Å². The van der Waals surface area contributed by atoms with Crippen LogP contribution in [0.1, 0.15) is 18.5 Å². The number of hydrogen-bond donors (Lipinski definition) is 0. The molecule has 0 fully saturated rings. The van der Waals surface area contributed by atoms with Crippen molar-refractivity contribution >= 4 is 5.69 Å². The first-order valence-corrected chi connectivity index (χ1v) is 6.06. The first kappa shape index (κ1) is 14.4. The van der Waals surface area contributed by atoms with Gasteiger partial charge in [-0.25, -0.2) is 0 Å². The van der Waals surface area contributed by atoms with Crippen molar-refractivity contribution in [1.82, 2.24) is 4.48 Å². The van der Waals surface area contributed by atoms with Crippen LogP contribution in [0.25, 0.3) is 0 Å². The van der Waals surface area contributed by atoms with Crippen molar-refractivity contribution in [3.05, 3.63) is 66.2 Å². The van der Waals surface area contributed by atoms with Gasteiger partial charge in [-0.3, -0.25) is 4.48 Å². The van der Waals surface area contributed by atoms with E-state index in [9.17, 15) is 0 Å². The lowest BCUT2D eigenvalue weighted by atomic mass is 10.0. The molecule has 0 aliphatic heterocycles. The summed E-state index contributed by atoms with van der Waals surface area (Å²) in [6.07, 6.45) is 0. The van der Waals surface area contributed by atoms with Crippen LogP contribution in [-0.4, -0.2) is 19.6 Å². The van der Waals surface area contributed by atoms with Crippen LogP contribution in [0.5, 0.6) is 0 Å². The van der Waals surface area contributed by atoms with Gasteiger partial charge in [0.2, 0.25) is 0 Å². The highest BCUT2D eigenvalue weighted by Gasteiger charge is 2.27. The molecule has 2 aromatic carbocycles. The topological polar surface area (TPSA) is 30.0 Å². The Morgan fingerprint density at radius 1 is 0.778 bits per heavy atom. The third-order valence-electron chi connectivity index (χ3n) is 3.67. The van der Waals surface area contributed by atoms with Gasteiger partial charge in [-0.05, 0) is 19.1 Å². The molecule has 2 aromatic rings. The highest BCUT2D eigenvalue weighted by molar-refractivity contribution is 5.43. The molecule has 2 heteroatoms. The van der Waals surface area contributed by atoms with E-state index in [1.165, 1.54) is 11.3 Å². The van der Waals surface area contributed by atoms with E-state index in [-0.39, 0.29) is 5.48 Å². The summed E-state index contributed by atoms with van der Waals surface area (Å²) in [6, 6.07) is 21.8. The molecule has 0 aliphatic rings. The Bertz CT molecular complexity index is 465. The van der Waals surface area contributed by atoms with E-state index in [0.29, 0.717) is 6.04 Å². The summed E-state index contributed by atoms with van der Waals surface area (Å²) >= 11 is 0. The number of rotatable bonds is 3. The minimum atomic E-state index is 0. The standard InChI is InChI=1S/C16H20N.H2O/c1-14(15-10-6-4-7-11-15)17(2,3)16-12-8-5-9-13-16;/h4-14H,1-3H3;1H2/q+1;/p-1. The molecule has 2 nitrogen and oxygen atoms in total. The van der Waals surface area contributed by atoms with Crippen molar-refractivity contribution < 1.29 is 5.48 Å². The van der Waals surface area contributed by atoms with Crippen LogP contribution in [0.15, 0.2) is 60.7 Å². The Hall–Kier alpha value is -1.64. The largest absolute Gasteiger partial charge is 0.870 e. The van der Waals surface area contributed by atoms with Gasteiger partial charge in [0, 0.05) is 5.56 Å². The second kappa shape index (κ2) is 5.80. The molecule has 0 saturated heterocycles. The summed E-state index contributed by atoms with van der Waals surface area (Å²) in [4.78, 5) is 0. The Labute approximate surface area is 109 Å². The number of nitrogens with zero attached hydrogens (tertiary/aromatic N) is 1. The molecule has 0 spiro atoms. The number of benzene rings is 2. The molecule has 0 radical (unpaired) electrons. The van der Waals surface area contributed by atoms with E-state index in [1.54, 1.807) is 0 Å². The quantitative estimate of drug-likeness (QED) is 0.753. The first-order chi connectivity index (χ1) is 8.12. The third kappa shape index (κ3) is 2.78. The lowest BCUT2D eigenvalue weighted by molar-refractivity contribution is 0.316. The average Bonchev–Trinajstić information content (AvgIpc) is 2.40. The van der Waals surface area contributed by atoms with Gasteiger partial charge in [0.25, 0.3) is 0 Å². The Kier molecular flexibility index (Phi) is 4.65. The number of hydrogen-bond acceptors (Lipinski definition) is 1. The van der Waals surface area contributed by atoms with Crippen LogP contribution in [0.2, 0.25) is 0 Å². The summed E-state index contributed by atoms with van der Waals surface area (Å²) in [5.74, 6) is 0. The van der Waals surface area contributed by atoms with Gasteiger partial charge in [-0.15, -0.1) is 0 Å². The van der Waals surface area contributed by atoms with Crippen molar-refractivity contribution in [1.29, 1.82) is 0 Å². The Morgan fingerprint density at radius 2 is 1.22 bits per heavy atom. The predicted octanol–water partition coefficient (Wildman–Crippen LogP) is 3.84. The molecule has 18 heavy (non-hydrogen) atoms. The summed E-state index contributed by atoms with van der Waals surface area (Å²) in [5.41, 5.74) is 2.71. The summed E-state index contributed by atoms with van der Waals surface area (Å²) in [5, 5.41) is 0. The first-order valence-electron chi connectivity index (χ1n) is 6.06. The monoisotopic (exact) mass is 243 g/mol. The average molecular weight is 243 g/mol. The van der Waals surface area contributed by atoms with Crippen LogP contribution < -0.4 is 4.48 Å². The molecule has 1 unspecified atom stereocenters. The molecule has 96 valence electrons. The van der Waals surface area contributed by atoms with Crippen LogP contribution >= 0.6 is 0 Å². The fraction of sp³-hybridized carbons (Fsp3) is 0.250. The molecule has 0 bridgehead atoms. The number of para-hydroxylation sites is 1. The van der Waals surface area contributed by atoms with Crippen molar-refractivity contribution in [2.24, 2.45) is 0 Å². The fourth-order valence-electron chi connectivity index (χ4n) is 2.14. The lowest BCUT2D eigenvalue weighted by Gasteiger charge is -2.35. The Morgan fingerprint density at radius 3 is 1.72 bits per heavy atom. The van der Waals surface area contributed by atoms with E-state index < -0.39 is 0 Å². The fourth-order valence-corrected chi connectivity index (χ4v) is 2.14. The molecular weight excluding hydrogens is 222 g/mol. The molecule has 0 saturated carbocycles. The molecule has 2 rings (SSSR count). The SMILES string of the molecule is CC(c1ccccc1)[N+](C)(C)c1ccccc1.[OH-]. The molecular formula is C16H21NO. The van der Waals surface area contributed by atoms with Gasteiger partial charge >= 0.3 is 0 Å². The van der Waals surface area contributed by atoms with Crippen molar-refractivity contribution in [3.8, 4) is 0 Å². The van der Waals surface area contributed by atoms with Gasteiger partial charge in [0.1, 0.15) is 11.7 Å². The van der Waals surface area contributed by atoms with E-state index in [2.05, 4.69) is 81.7 Å². The minimum absolute atomic E-state index is 0. The molecule has 0 aliphatic carbocycles. The summed E-state index contributed by atoms with van der Waals surface area (Å²) < 4.78 is 0.866. The van der Waals surface area contributed by atoms with Gasteiger partial charge in [0.15, 0.2) is 0 Å². The molecule has 0 aromatic heterocycles. The van der Waals surface area contributed by atoms with Crippen LogP contribution in [0.3, 0.4) is 0 Å². The van der Waals surface area contributed by atoms with E-state index in [1.807, 2.05) is 0 Å². The second-order valence-electron chi connectivity index (χ2n) is 4.96. The lowest BCUT2D eigenvalue weighted by Crippen LogP contribution is -2.42. The van der Waals surface area contributed by atoms with Crippen molar-refractivity contribution in [2.75, 3.05) is 14.1 Å². The van der Waals surface area contributed by atoms with Gasteiger partial charge in [-0.1, -0.05) is 48.5 Å². The summed E-state index contributed by atoms with van der Waals surface area (Å²) in [6.45, 7) is 2.28. The molecule has 1 atom stereocenters. The van der Waals surface area contributed by atoms with Crippen LogP contribution in [0.4, 0.5) is 5.69 Å². The van der Waals surface area contributed by atoms with E-state index in [4.69, 9.17) is 0 Å². The van der Waals surface area contributed by atoms with E-state index >= 15 is 0 Å². The van der Waals surface area contributed by atoms with Crippen LogP contribution in [0, 0.1) is 0 Å². The third-order valence-corrected chi connectivity index (χ3v) is 3.67. The van der Waals surface area contributed by atoms with Gasteiger partial charge < -0.3 is 5.48 Å². The zero-order valence-electron chi connectivity index (χ0n) is 11.2. The molecule has 1 N–H and O–H groups in total. The zero-order valence-corrected chi connectivity index (χ0v) is 11.2. The van der Waals surface area contributed by atoms with Gasteiger partial charge in [0.05, 0.1) is 14.1 Å². The maximum absolute atomic E-state index is 2.28. The zero-order chi connectivity index (χ0) is 12.3. The van der Waals surface area contributed by atoms with E-state index in [0.717, 1.165) is 4.48 Å². The maximum Gasteiger partial charge on any atom is 0.132 e. The normalized spacial score (nSPS) is 12.6. The second-order valence-corrected chi connectivity index (χ2v) is 4.96. The molecule has 0 heterocycles. The number of quaternary nitrogens is 1. The van der Waals surface area contributed by atoms with Gasteiger partial charge in [-0.2, -0.15) is 0 Å². The predicted molar refractivity (Wildman–Crippen MR) is 76.9 cm³/mol. The van der Waals surface area contributed by atoms with Crippen molar-refractivity contribution in [2.45, 2.75) is 13.0 Å². The minimum Gasteiger partial charge on any atom is -0.870 e. The van der Waals surface area contributed by atoms with Crippen molar-refractivity contribution in [3.63, 3.8) is 0 Å². The smallest absolute Gasteiger partial charge is 0.132 e. The molecule has 0 amide bonds. The summed E-state index contributed by atoms with van der Waals surface area (Å²) in [7, 11) is 4.51. The highest BCUT2D eigenvalue weighted by Crippen LogP contribution is 2.30.